The average Bonchev–Trinajstić information content (AvgIpc) is 2.84. The Morgan fingerprint density at radius 3 is 3.00 bits per heavy atom. The molecule has 3 unspecified atom stereocenters. The number of piperidine rings is 1. The van der Waals surface area contributed by atoms with E-state index in [1.54, 1.807) is 6.07 Å². The van der Waals surface area contributed by atoms with Crippen molar-refractivity contribution in [3.8, 4) is 0 Å². The highest BCUT2D eigenvalue weighted by Crippen LogP contribution is 2.39. The van der Waals surface area contributed by atoms with E-state index in [0.29, 0.717) is 12.0 Å². The van der Waals surface area contributed by atoms with Crippen molar-refractivity contribution in [3.63, 3.8) is 0 Å². The van der Waals surface area contributed by atoms with Crippen molar-refractivity contribution < 1.29 is 4.39 Å². The molecule has 3 rings (SSSR count). The van der Waals surface area contributed by atoms with Crippen LogP contribution in [0.15, 0.2) is 18.2 Å². The maximum absolute atomic E-state index is 13.8. The Balaban J connectivity index is 1.80. The molecule has 0 saturated carbocycles. The highest BCUT2D eigenvalue weighted by atomic mass is 19.1. The molecule has 2 N–H and O–H groups in total. The molecule has 1 heterocycles. The fourth-order valence-electron chi connectivity index (χ4n) is 3.72. The van der Waals surface area contributed by atoms with Crippen LogP contribution < -0.4 is 5.73 Å². The molecule has 1 aliphatic carbocycles. The monoisotopic (exact) mass is 262 g/mol. The number of nitrogens with two attached hydrogens (primary N) is 1. The first kappa shape index (κ1) is 13.1. The Kier molecular flexibility index (Phi) is 3.59. The number of rotatable bonds is 2. The predicted octanol–water partition coefficient (Wildman–Crippen LogP) is 2.87. The number of fused-ring (bicyclic) bond motifs is 1. The minimum atomic E-state index is -0.0271. The molecule has 0 amide bonds. The fraction of sp³-hybridized carbons (Fsp3) is 0.625. The number of hydrogen-bond donors (Lipinski definition) is 1. The van der Waals surface area contributed by atoms with Gasteiger partial charge in [-0.3, -0.25) is 4.90 Å². The maximum atomic E-state index is 13.8. The van der Waals surface area contributed by atoms with Gasteiger partial charge >= 0.3 is 0 Å². The molecule has 0 spiro atoms. The summed E-state index contributed by atoms with van der Waals surface area (Å²) >= 11 is 0. The van der Waals surface area contributed by atoms with E-state index in [1.807, 2.05) is 6.07 Å². The van der Waals surface area contributed by atoms with Gasteiger partial charge in [0, 0.05) is 18.6 Å². The predicted molar refractivity (Wildman–Crippen MR) is 75.4 cm³/mol. The van der Waals surface area contributed by atoms with Gasteiger partial charge in [0.15, 0.2) is 0 Å². The normalized spacial score (nSPS) is 29.2. The van der Waals surface area contributed by atoms with E-state index < -0.39 is 0 Å². The summed E-state index contributed by atoms with van der Waals surface area (Å²) in [6.45, 7) is 4.30. The first-order valence-corrected chi connectivity index (χ1v) is 7.43. The van der Waals surface area contributed by atoms with Gasteiger partial charge in [0.25, 0.3) is 0 Å². The van der Waals surface area contributed by atoms with Crippen LogP contribution in [0.5, 0.6) is 0 Å². The highest BCUT2D eigenvalue weighted by Gasteiger charge is 2.33. The second kappa shape index (κ2) is 5.22. The molecule has 104 valence electrons. The van der Waals surface area contributed by atoms with E-state index in [4.69, 9.17) is 5.73 Å². The van der Waals surface area contributed by atoms with Crippen molar-refractivity contribution >= 4 is 0 Å². The van der Waals surface area contributed by atoms with Gasteiger partial charge in [-0.25, -0.2) is 4.39 Å². The summed E-state index contributed by atoms with van der Waals surface area (Å²) in [6.07, 6.45) is 4.39. The lowest BCUT2D eigenvalue weighted by Gasteiger charge is -2.38. The SMILES string of the molecule is CC(N)C1CCCN(C2CCc3c(F)cccc32)C1. The van der Waals surface area contributed by atoms with Crippen molar-refractivity contribution in [1.29, 1.82) is 0 Å². The lowest BCUT2D eigenvalue weighted by Crippen LogP contribution is -2.43. The zero-order chi connectivity index (χ0) is 13.4. The van der Waals surface area contributed by atoms with Crippen molar-refractivity contribution in [3.05, 3.63) is 35.1 Å². The Bertz CT molecular complexity index is 458. The first-order valence-electron chi connectivity index (χ1n) is 7.43. The molecular weight excluding hydrogens is 239 g/mol. The van der Waals surface area contributed by atoms with E-state index in [-0.39, 0.29) is 11.9 Å². The lowest BCUT2D eigenvalue weighted by molar-refractivity contribution is 0.113. The summed E-state index contributed by atoms with van der Waals surface area (Å²) in [5.41, 5.74) is 8.21. The number of benzene rings is 1. The van der Waals surface area contributed by atoms with Crippen LogP contribution in [-0.2, 0) is 6.42 Å². The van der Waals surface area contributed by atoms with Gasteiger partial charge in [0.2, 0.25) is 0 Å². The summed E-state index contributed by atoms with van der Waals surface area (Å²) in [6, 6.07) is 6.20. The summed E-state index contributed by atoms with van der Waals surface area (Å²) < 4.78 is 13.8. The smallest absolute Gasteiger partial charge is 0.126 e. The van der Waals surface area contributed by atoms with Crippen LogP contribution in [0.25, 0.3) is 0 Å². The quantitative estimate of drug-likeness (QED) is 0.888. The van der Waals surface area contributed by atoms with Crippen molar-refractivity contribution in [2.24, 2.45) is 11.7 Å². The summed E-state index contributed by atoms with van der Waals surface area (Å²) in [5.74, 6) is 0.562. The molecule has 3 atom stereocenters. The number of likely N-dealkylation sites (tertiary alicyclic amines) is 1. The number of nitrogens with zero attached hydrogens (tertiary/aromatic N) is 1. The largest absolute Gasteiger partial charge is 0.328 e. The van der Waals surface area contributed by atoms with Crippen LogP contribution in [0, 0.1) is 11.7 Å². The molecule has 1 aromatic carbocycles. The van der Waals surface area contributed by atoms with Crippen LogP contribution in [-0.4, -0.2) is 24.0 Å². The highest BCUT2D eigenvalue weighted by molar-refractivity contribution is 5.35. The van der Waals surface area contributed by atoms with E-state index in [9.17, 15) is 4.39 Å². The molecule has 2 nitrogen and oxygen atoms in total. The molecule has 2 aliphatic rings. The van der Waals surface area contributed by atoms with Gasteiger partial charge in [-0.2, -0.15) is 0 Å². The van der Waals surface area contributed by atoms with Crippen molar-refractivity contribution in [1.82, 2.24) is 4.90 Å². The van der Waals surface area contributed by atoms with E-state index in [0.717, 1.165) is 31.5 Å². The van der Waals surface area contributed by atoms with Gasteiger partial charge in [0.1, 0.15) is 5.82 Å². The summed E-state index contributed by atoms with van der Waals surface area (Å²) in [4.78, 5) is 2.53. The topological polar surface area (TPSA) is 29.3 Å². The van der Waals surface area contributed by atoms with E-state index >= 15 is 0 Å². The molecule has 1 fully saturated rings. The van der Waals surface area contributed by atoms with Crippen LogP contribution in [0.3, 0.4) is 0 Å². The third-order valence-corrected chi connectivity index (χ3v) is 4.86. The fourth-order valence-corrected chi connectivity index (χ4v) is 3.72. The first-order chi connectivity index (χ1) is 9.16. The zero-order valence-corrected chi connectivity index (χ0v) is 11.6. The summed E-state index contributed by atoms with van der Waals surface area (Å²) in [7, 11) is 0. The van der Waals surface area contributed by atoms with Crippen LogP contribution in [0.4, 0.5) is 4.39 Å². The second-order valence-corrected chi connectivity index (χ2v) is 6.12. The molecule has 1 saturated heterocycles. The van der Waals surface area contributed by atoms with Crippen LogP contribution in [0.2, 0.25) is 0 Å². The second-order valence-electron chi connectivity index (χ2n) is 6.12. The van der Waals surface area contributed by atoms with Gasteiger partial charge in [-0.15, -0.1) is 0 Å². The average molecular weight is 262 g/mol. The van der Waals surface area contributed by atoms with Crippen molar-refractivity contribution in [2.45, 2.75) is 44.7 Å². The van der Waals surface area contributed by atoms with E-state index in [2.05, 4.69) is 17.9 Å². The Morgan fingerprint density at radius 2 is 2.21 bits per heavy atom. The molecule has 1 aliphatic heterocycles. The molecule has 0 bridgehead atoms. The molecule has 1 aromatic rings. The number of halogens is 1. The standard InChI is InChI=1S/C16H23FN2/c1-11(18)12-4-3-9-19(10-12)16-8-7-13-14(16)5-2-6-15(13)17/h2,5-6,11-12,16H,3-4,7-10,18H2,1H3. The minimum absolute atomic E-state index is 0.0271. The molecule has 0 aromatic heterocycles. The van der Waals surface area contributed by atoms with Crippen LogP contribution >= 0.6 is 0 Å². The van der Waals surface area contributed by atoms with Gasteiger partial charge in [-0.1, -0.05) is 12.1 Å². The van der Waals surface area contributed by atoms with Gasteiger partial charge in [-0.05, 0) is 62.3 Å². The van der Waals surface area contributed by atoms with Crippen molar-refractivity contribution in [2.75, 3.05) is 13.1 Å². The lowest BCUT2D eigenvalue weighted by atomic mass is 9.90. The minimum Gasteiger partial charge on any atom is -0.328 e. The van der Waals surface area contributed by atoms with Gasteiger partial charge in [0.05, 0.1) is 0 Å². The Morgan fingerprint density at radius 1 is 1.37 bits per heavy atom. The number of hydrogen-bond acceptors (Lipinski definition) is 2. The van der Waals surface area contributed by atoms with Gasteiger partial charge < -0.3 is 5.73 Å². The summed E-state index contributed by atoms with van der Waals surface area (Å²) in [5, 5.41) is 0. The molecule has 0 radical (unpaired) electrons. The molecule has 19 heavy (non-hydrogen) atoms. The molecule has 3 heteroatoms. The van der Waals surface area contributed by atoms with Crippen LogP contribution in [0.1, 0.15) is 43.4 Å². The third-order valence-electron chi connectivity index (χ3n) is 4.86. The molecular formula is C16H23FN2. The maximum Gasteiger partial charge on any atom is 0.126 e. The van der Waals surface area contributed by atoms with E-state index in [1.165, 1.54) is 18.4 Å². The Hall–Kier alpha value is -0.930. The zero-order valence-electron chi connectivity index (χ0n) is 11.6. The Labute approximate surface area is 114 Å². The third kappa shape index (κ3) is 2.41.